The first-order chi connectivity index (χ1) is 12.3. The second kappa shape index (κ2) is 7.48. The molecule has 2 aromatic rings. The number of benzene rings is 2. The van der Waals surface area contributed by atoms with E-state index < -0.39 is 5.92 Å². The number of ketones is 1. The third-order valence-electron chi connectivity index (χ3n) is 4.25. The molecule has 1 aliphatic rings. The molecule has 0 spiro atoms. The maximum Gasteiger partial charge on any atom is 0.229 e. The van der Waals surface area contributed by atoms with Gasteiger partial charge in [0.25, 0.3) is 0 Å². The molecule has 26 heavy (non-hydrogen) atoms. The number of carbonyl (C=O) groups excluding carboxylic acids is 3. The molecule has 5 nitrogen and oxygen atoms in total. The van der Waals surface area contributed by atoms with Crippen molar-refractivity contribution >= 4 is 52.2 Å². The first kappa shape index (κ1) is 18.4. The molecule has 1 atom stereocenters. The molecule has 134 valence electrons. The molecule has 2 amide bonds. The lowest BCUT2D eigenvalue weighted by molar-refractivity contribution is -0.122. The van der Waals surface area contributed by atoms with E-state index in [1.807, 2.05) is 0 Å². The highest BCUT2D eigenvalue weighted by molar-refractivity contribution is 6.42. The quantitative estimate of drug-likeness (QED) is 0.795. The standard InChI is InChI=1S/C19H16Cl2N2O3/c1-11(24)12-3-2-4-14(7-12)22-19(26)13-8-18(25)23(10-13)15-5-6-16(20)17(21)9-15/h2-7,9,13H,8,10H2,1H3,(H,22,26)/t13-/m1/s1. The van der Waals surface area contributed by atoms with E-state index in [2.05, 4.69) is 5.32 Å². The van der Waals surface area contributed by atoms with E-state index in [0.29, 0.717) is 27.0 Å². The minimum atomic E-state index is -0.488. The fourth-order valence-corrected chi connectivity index (χ4v) is 3.14. The third kappa shape index (κ3) is 3.89. The van der Waals surface area contributed by atoms with Gasteiger partial charge < -0.3 is 10.2 Å². The van der Waals surface area contributed by atoms with Crippen LogP contribution in [-0.4, -0.2) is 24.1 Å². The third-order valence-corrected chi connectivity index (χ3v) is 4.99. The second-order valence-corrected chi connectivity index (χ2v) is 6.94. The molecule has 1 fully saturated rings. The minimum absolute atomic E-state index is 0.0806. The van der Waals surface area contributed by atoms with Crippen LogP contribution in [0.3, 0.4) is 0 Å². The summed E-state index contributed by atoms with van der Waals surface area (Å²) in [4.78, 5) is 37.8. The summed E-state index contributed by atoms with van der Waals surface area (Å²) in [5, 5.41) is 3.53. The Morgan fingerprint density at radius 1 is 1.12 bits per heavy atom. The number of amides is 2. The summed E-state index contributed by atoms with van der Waals surface area (Å²) in [6.45, 7) is 1.72. The van der Waals surface area contributed by atoms with Crippen LogP contribution >= 0.6 is 23.2 Å². The van der Waals surface area contributed by atoms with Gasteiger partial charge in [-0.2, -0.15) is 0 Å². The molecular formula is C19H16Cl2N2O3. The number of nitrogens with one attached hydrogen (secondary N) is 1. The Hall–Kier alpha value is -2.37. The molecule has 3 rings (SSSR count). The van der Waals surface area contributed by atoms with E-state index in [1.165, 1.54) is 11.8 Å². The summed E-state index contributed by atoms with van der Waals surface area (Å²) in [7, 11) is 0. The highest BCUT2D eigenvalue weighted by Gasteiger charge is 2.35. The molecule has 1 heterocycles. The van der Waals surface area contributed by atoms with E-state index in [9.17, 15) is 14.4 Å². The number of halogens is 2. The number of nitrogens with zero attached hydrogens (tertiary/aromatic N) is 1. The van der Waals surface area contributed by atoms with Crippen LogP contribution in [0.5, 0.6) is 0 Å². The van der Waals surface area contributed by atoms with Gasteiger partial charge in [0.05, 0.1) is 16.0 Å². The van der Waals surface area contributed by atoms with E-state index in [0.717, 1.165) is 0 Å². The molecule has 0 aliphatic carbocycles. The average Bonchev–Trinajstić information content (AvgIpc) is 2.99. The summed E-state index contributed by atoms with van der Waals surface area (Å²) < 4.78 is 0. The van der Waals surface area contributed by atoms with Crippen molar-refractivity contribution in [3.05, 3.63) is 58.1 Å². The number of hydrogen-bond donors (Lipinski definition) is 1. The maximum absolute atomic E-state index is 12.5. The summed E-state index contributed by atoms with van der Waals surface area (Å²) in [5.74, 6) is -0.983. The van der Waals surface area contributed by atoms with Crippen molar-refractivity contribution in [3.8, 4) is 0 Å². The average molecular weight is 391 g/mol. The topological polar surface area (TPSA) is 66.5 Å². The highest BCUT2D eigenvalue weighted by atomic mass is 35.5. The van der Waals surface area contributed by atoms with Crippen molar-refractivity contribution in [3.63, 3.8) is 0 Å². The van der Waals surface area contributed by atoms with Gasteiger partial charge in [-0.1, -0.05) is 35.3 Å². The predicted molar refractivity (Wildman–Crippen MR) is 102 cm³/mol. The Morgan fingerprint density at radius 3 is 2.58 bits per heavy atom. The Morgan fingerprint density at radius 2 is 1.88 bits per heavy atom. The number of hydrogen-bond acceptors (Lipinski definition) is 3. The van der Waals surface area contributed by atoms with Gasteiger partial charge in [-0.05, 0) is 37.3 Å². The van der Waals surface area contributed by atoms with Gasteiger partial charge in [-0.25, -0.2) is 0 Å². The molecule has 1 saturated heterocycles. The molecular weight excluding hydrogens is 375 g/mol. The summed E-state index contributed by atoms with van der Waals surface area (Å²) in [6.07, 6.45) is 0.110. The Bertz CT molecular complexity index is 898. The zero-order valence-corrected chi connectivity index (χ0v) is 15.5. The molecule has 0 aromatic heterocycles. The predicted octanol–water partition coefficient (Wildman–Crippen LogP) is 4.19. The molecule has 0 radical (unpaired) electrons. The van der Waals surface area contributed by atoms with Crippen LogP contribution in [0.4, 0.5) is 11.4 Å². The fraction of sp³-hybridized carbons (Fsp3) is 0.211. The largest absolute Gasteiger partial charge is 0.326 e. The lowest BCUT2D eigenvalue weighted by Crippen LogP contribution is -2.28. The number of rotatable bonds is 4. The van der Waals surface area contributed by atoms with Gasteiger partial charge in [0.15, 0.2) is 5.78 Å². The Labute approximate surface area is 160 Å². The van der Waals surface area contributed by atoms with E-state index in [4.69, 9.17) is 23.2 Å². The van der Waals surface area contributed by atoms with Gasteiger partial charge >= 0.3 is 0 Å². The zero-order chi connectivity index (χ0) is 18.8. The van der Waals surface area contributed by atoms with E-state index in [-0.39, 0.29) is 30.6 Å². The lowest BCUT2D eigenvalue weighted by Gasteiger charge is -2.17. The SMILES string of the molecule is CC(=O)c1cccc(NC(=O)[C@@H]2CC(=O)N(c3ccc(Cl)c(Cl)c3)C2)c1. The van der Waals surface area contributed by atoms with Crippen LogP contribution in [0.1, 0.15) is 23.7 Å². The zero-order valence-electron chi connectivity index (χ0n) is 14.0. The van der Waals surface area contributed by atoms with Crippen LogP contribution in [0.2, 0.25) is 10.0 Å². The van der Waals surface area contributed by atoms with Gasteiger partial charge in [0.2, 0.25) is 11.8 Å². The van der Waals surface area contributed by atoms with Crippen LogP contribution in [0.25, 0.3) is 0 Å². The van der Waals surface area contributed by atoms with Crippen molar-refractivity contribution in [1.29, 1.82) is 0 Å². The number of Topliss-reactive ketones (excluding diaryl/α,β-unsaturated/α-hetero) is 1. The molecule has 2 aromatic carbocycles. The lowest BCUT2D eigenvalue weighted by atomic mass is 10.1. The molecule has 0 unspecified atom stereocenters. The van der Waals surface area contributed by atoms with Crippen molar-refractivity contribution in [2.45, 2.75) is 13.3 Å². The monoisotopic (exact) mass is 390 g/mol. The number of anilines is 2. The minimum Gasteiger partial charge on any atom is -0.326 e. The molecule has 0 saturated carbocycles. The highest BCUT2D eigenvalue weighted by Crippen LogP contribution is 2.31. The molecule has 1 N–H and O–H groups in total. The smallest absolute Gasteiger partial charge is 0.229 e. The molecule has 7 heteroatoms. The van der Waals surface area contributed by atoms with E-state index >= 15 is 0 Å². The Kier molecular flexibility index (Phi) is 5.30. The Balaban J connectivity index is 1.71. The second-order valence-electron chi connectivity index (χ2n) is 6.13. The normalized spacial score (nSPS) is 16.7. The molecule has 1 aliphatic heterocycles. The van der Waals surface area contributed by atoms with Gasteiger partial charge in [0, 0.05) is 29.9 Å². The van der Waals surface area contributed by atoms with Gasteiger partial charge in [0.1, 0.15) is 0 Å². The fourth-order valence-electron chi connectivity index (χ4n) is 2.85. The van der Waals surface area contributed by atoms with Crippen molar-refractivity contribution in [1.82, 2.24) is 0 Å². The number of carbonyl (C=O) groups is 3. The van der Waals surface area contributed by atoms with Crippen molar-refractivity contribution in [2.75, 3.05) is 16.8 Å². The van der Waals surface area contributed by atoms with Gasteiger partial charge in [-0.3, -0.25) is 14.4 Å². The van der Waals surface area contributed by atoms with E-state index in [1.54, 1.807) is 42.5 Å². The summed E-state index contributed by atoms with van der Waals surface area (Å²) >= 11 is 11.9. The van der Waals surface area contributed by atoms with Crippen LogP contribution in [0, 0.1) is 5.92 Å². The van der Waals surface area contributed by atoms with Crippen molar-refractivity contribution < 1.29 is 14.4 Å². The van der Waals surface area contributed by atoms with Gasteiger partial charge in [-0.15, -0.1) is 0 Å². The van der Waals surface area contributed by atoms with Crippen LogP contribution in [0.15, 0.2) is 42.5 Å². The van der Waals surface area contributed by atoms with Crippen molar-refractivity contribution in [2.24, 2.45) is 5.92 Å². The summed E-state index contributed by atoms with van der Waals surface area (Å²) in [5.41, 5.74) is 1.66. The first-order valence-electron chi connectivity index (χ1n) is 8.02. The molecule has 0 bridgehead atoms. The van der Waals surface area contributed by atoms with Crippen LogP contribution in [-0.2, 0) is 9.59 Å². The summed E-state index contributed by atoms with van der Waals surface area (Å²) in [6, 6.07) is 11.6. The van der Waals surface area contributed by atoms with Crippen LogP contribution < -0.4 is 10.2 Å². The first-order valence-corrected chi connectivity index (χ1v) is 8.78. The maximum atomic E-state index is 12.5.